The summed E-state index contributed by atoms with van der Waals surface area (Å²) in [6.07, 6.45) is -0.235. The number of carbonyl (C=O) groups is 1. The van der Waals surface area contributed by atoms with Gasteiger partial charge >= 0.3 is 6.09 Å². The molecule has 0 N–H and O–H groups in total. The van der Waals surface area contributed by atoms with Crippen molar-refractivity contribution in [3.63, 3.8) is 0 Å². The number of rotatable bonds is 3. The summed E-state index contributed by atoms with van der Waals surface area (Å²) in [5, 5.41) is 0. The molecular formula is C21H36FNO6. The molecule has 2 heterocycles. The largest absolute Gasteiger partial charge is 0.444 e. The fourth-order valence-corrected chi connectivity index (χ4v) is 4.94. The van der Waals surface area contributed by atoms with Crippen LogP contribution in [-0.4, -0.2) is 72.3 Å². The Morgan fingerprint density at radius 3 is 1.97 bits per heavy atom. The van der Waals surface area contributed by atoms with Gasteiger partial charge in [-0.05, 0) is 61.3 Å². The van der Waals surface area contributed by atoms with Gasteiger partial charge < -0.3 is 23.7 Å². The second kappa shape index (κ2) is 6.77. The van der Waals surface area contributed by atoms with Gasteiger partial charge in [0.2, 0.25) is 11.6 Å². The average molecular weight is 418 g/mol. The molecule has 1 spiro atoms. The number of ether oxygens (including phenoxy) is 5. The van der Waals surface area contributed by atoms with Crippen molar-refractivity contribution in [2.75, 3.05) is 20.8 Å². The molecule has 3 fully saturated rings. The fraction of sp³-hybridized carbons (Fsp3) is 0.952. The summed E-state index contributed by atoms with van der Waals surface area (Å²) in [6.45, 7) is 12.2. The lowest BCUT2D eigenvalue weighted by Gasteiger charge is -2.60. The lowest BCUT2D eigenvalue weighted by molar-refractivity contribution is -0.461. The van der Waals surface area contributed by atoms with Gasteiger partial charge in [0, 0.05) is 20.1 Å². The number of methoxy groups -OCH3 is 2. The van der Waals surface area contributed by atoms with Crippen LogP contribution in [0.4, 0.5) is 9.18 Å². The zero-order chi connectivity index (χ0) is 22.0. The summed E-state index contributed by atoms with van der Waals surface area (Å²) in [5.41, 5.74) is -2.91. The van der Waals surface area contributed by atoms with Crippen molar-refractivity contribution in [2.24, 2.45) is 5.92 Å². The highest BCUT2D eigenvalue weighted by molar-refractivity contribution is 5.70. The number of hydrogen-bond donors (Lipinski definition) is 0. The summed E-state index contributed by atoms with van der Waals surface area (Å²) < 4.78 is 45.2. The van der Waals surface area contributed by atoms with E-state index in [0.717, 1.165) is 0 Å². The van der Waals surface area contributed by atoms with Crippen molar-refractivity contribution in [1.29, 1.82) is 0 Å². The quantitative estimate of drug-likeness (QED) is 0.698. The van der Waals surface area contributed by atoms with Crippen LogP contribution in [0.25, 0.3) is 0 Å². The molecule has 5 atom stereocenters. The maximum atomic E-state index is 15.6. The SMILES string of the molecule is CO[C@@]1(C)O[C@H]2[C@@H](CN(C(=O)OC(C)(C)C)C3(CC3)[C@@H]2C(C)(C)F)O[C@]1(C)OC. The Hall–Kier alpha value is -0.960. The fourth-order valence-electron chi connectivity index (χ4n) is 4.94. The molecule has 7 nitrogen and oxygen atoms in total. The van der Waals surface area contributed by atoms with E-state index in [0.29, 0.717) is 12.8 Å². The van der Waals surface area contributed by atoms with Crippen molar-refractivity contribution in [1.82, 2.24) is 4.90 Å². The molecule has 0 aromatic rings. The third kappa shape index (κ3) is 3.66. The van der Waals surface area contributed by atoms with E-state index in [1.165, 1.54) is 28.1 Å². The van der Waals surface area contributed by atoms with E-state index in [1.807, 2.05) is 20.8 Å². The van der Waals surface area contributed by atoms with Gasteiger partial charge in [0.15, 0.2) is 0 Å². The molecule has 3 rings (SSSR count). The Morgan fingerprint density at radius 2 is 1.55 bits per heavy atom. The van der Waals surface area contributed by atoms with Gasteiger partial charge in [0.1, 0.15) is 17.4 Å². The molecule has 168 valence electrons. The molecule has 0 bridgehead atoms. The third-order valence-electron chi connectivity index (χ3n) is 6.63. The minimum absolute atomic E-state index is 0.241. The van der Waals surface area contributed by atoms with Crippen LogP contribution in [-0.2, 0) is 23.7 Å². The van der Waals surface area contributed by atoms with Gasteiger partial charge in [-0.1, -0.05) is 0 Å². The molecule has 1 aliphatic carbocycles. The van der Waals surface area contributed by atoms with E-state index in [4.69, 9.17) is 23.7 Å². The van der Waals surface area contributed by atoms with Crippen LogP contribution < -0.4 is 0 Å². The smallest absolute Gasteiger partial charge is 0.410 e. The molecule has 2 saturated heterocycles. The Labute approximate surface area is 173 Å². The van der Waals surface area contributed by atoms with Crippen LogP contribution in [0, 0.1) is 5.92 Å². The molecule has 1 amide bonds. The highest BCUT2D eigenvalue weighted by atomic mass is 19.1. The van der Waals surface area contributed by atoms with Crippen molar-refractivity contribution in [2.45, 2.75) is 102 Å². The summed E-state index contributed by atoms with van der Waals surface area (Å²) in [4.78, 5) is 14.7. The van der Waals surface area contributed by atoms with Gasteiger partial charge in [0.05, 0.1) is 18.2 Å². The second-order valence-corrected chi connectivity index (χ2v) is 10.3. The minimum Gasteiger partial charge on any atom is -0.444 e. The Balaban J connectivity index is 2.01. The van der Waals surface area contributed by atoms with E-state index < -0.39 is 52.6 Å². The average Bonchev–Trinajstić information content (AvgIpc) is 3.33. The van der Waals surface area contributed by atoms with Crippen LogP contribution in [0.2, 0.25) is 0 Å². The molecule has 0 aromatic heterocycles. The summed E-state index contributed by atoms with van der Waals surface area (Å²) >= 11 is 0. The Kier molecular flexibility index (Phi) is 5.30. The van der Waals surface area contributed by atoms with Gasteiger partial charge in [0.25, 0.3) is 0 Å². The van der Waals surface area contributed by atoms with E-state index in [-0.39, 0.29) is 6.54 Å². The molecule has 0 radical (unpaired) electrons. The van der Waals surface area contributed by atoms with Crippen LogP contribution in [0.3, 0.4) is 0 Å². The maximum absolute atomic E-state index is 15.6. The summed E-state index contributed by atoms with van der Waals surface area (Å²) in [7, 11) is 3.02. The molecule has 29 heavy (non-hydrogen) atoms. The number of hydrogen-bond acceptors (Lipinski definition) is 6. The first-order chi connectivity index (χ1) is 13.1. The monoisotopic (exact) mass is 417 g/mol. The van der Waals surface area contributed by atoms with E-state index in [2.05, 4.69) is 0 Å². The van der Waals surface area contributed by atoms with Gasteiger partial charge in [-0.25, -0.2) is 9.18 Å². The van der Waals surface area contributed by atoms with Gasteiger partial charge in [-0.3, -0.25) is 4.90 Å². The number of likely N-dealkylation sites (tertiary alicyclic amines) is 1. The lowest BCUT2D eigenvalue weighted by Crippen LogP contribution is -2.74. The normalized spacial score (nSPS) is 39.2. The number of piperidine rings is 1. The second-order valence-electron chi connectivity index (χ2n) is 10.3. The van der Waals surface area contributed by atoms with Gasteiger partial charge in [-0.15, -0.1) is 0 Å². The molecule has 2 aliphatic heterocycles. The van der Waals surface area contributed by atoms with Crippen LogP contribution in [0.1, 0.15) is 61.3 Å². The predicted molar refractivity (Wildman–Crippen MR) is 104 cm³/mol. The minimum atomic E-state index is -1.61. The van der Waals surface area contributed by atoms with Crippen molar-refractivity contribution < 1.29 is 32.9 Å². The zero-order valence-corrected chi connectivity index (χ0v) is 19.1. The molecular weight excluding hydrogens is 381 g/mol. The number of amides is 1. The molecule has 3 aliphatic rings. The van der Waals surface area contributed by atoms with E-state index in [1.54, 1.807) is 18.7 Å². The third-order valence-corrected chi connectivity index (χ3v) is 6.63. The van der Waals surface area contributed by atoms with Crippen LogP contribution in [0.5, 0.6) is 0 Å². The standard InChI is InChI=1S/C21H36FNO6/c1-17(2,3)29-16(24)23-12-13-14(15(18(4,5)22)21(23)10-11-21)28-20(7,26-9)19(6,25-8)27-13/h13-15H,10-12H2,1-9H3/t13-,14+,15+,19+,20+/m1/s1. The van der Waals surface area contributed by atoms with E-state index >= 15 is 4.39 Å². The van der Waals surface area contributed by atoms with Crippen molar-refractivity contribution in [3.8, 4) is 0 Å². The maximum Gasteiger partial charge on any atom is 0.410 e. The zero-order valence-electron chi connectivity index (χ0n) is 19.1. The Bertz CT molecular complexity index is 655. The molecule has 0 aromatic carbocycles. The van der Waals surface area contributed by atoms with Crippen LogP contribution >= 0.6 is 0 Å². The summed E-state index contributed by atoms with van der Waals surface area (Å²) in [6, 6.07) is 0. The van der Waals surface area contributed by atoms with Crippen LogP contribution in [0.15, 0.2) is 0 Å². The van der Waals surface area contributed by atoms with E-state index in [9.17, 15) is 4.79 Å². The predicted octanol–water partition coefficient (Wildman–Crippen LogP) is 3.64. The van der Waals surface area contributed by atoms with Crippen molar-refractivity contribution >= 4 is 6.09 Å². The van der Waals surface area contributed by atoms with Crippen molar-refractivity contribution in [3.05, 3.63) is 0 Å². The Morgan fingerprint density at radius 1 is 1.03 bits per heavy atom. The first kappa shape index (κ1) is 22.7. The van der Waals surface area contributed by atoms with Gasteiger partial charge in [-0.2, -0.15) is 0 Å². The first-order valence-corrected chi connectivity index (χ1v) is 10.3. The summed E-state index contributed by atoms with van der Waals surface area (Å²) in [5.74, 6) is -3.05. The number of carbonyl (C=O) groups excluding carboxylic acids is 1. The molecule has 0 unspecified atom stereocenters. The number of halogens is 1. The topological polar surface area (TPSA) is 66.5 Å². The molecule has 1 saturated carbocycles. The lowest BCUT2D eigenvalue weighted by atomic mass is 9.73. The first-order valence-electron chi connectivity index (χ1n) is 10.3. The number of alkyl halides is 1. The number of nitrogens with zero attached hydrogens (tertiary/aromatic N) is 1. The number of fused-ring (bicyclic) bond motifs is 1. The highest BCUT2D eigenvalue weighted by Crippen LogP contribution is 2.59. The highest BCUT2D eigenvalue weighted by Gasteiger charge is 2.71. The molecule has 8 heteroatoms.